The van der Waals surface area contributed by atoms with Crippen LogP contribution in [-0.4, -0.2) is 28.2 Å². The van der Waals surface area contributed by atoms with E-state index in [1.807, 2.05) is 26.0 Å². The van der Waals surface area contributed by atoms with Crippen molar-refractivity contribution in [2.75, 3.05) is 10.6 Å². The molecule has 1 heterocycles. The fraction of sp³-hybridized carbons (Fsp3) is 0.238. The molecule has 0 aliphatic heterocycles. The molecular formula is C21H20Cl2FN5O2S. The van der Waals surface area contributed by atoms with Crippen LogP contribution < -0.4 is 16.0 Å². The Morgan fingerprint density at radius 2 is 1.81 bits per heavy atom. The van der Waals surface area contributed by atoms with Gasteiger partial charge in [-0.3, -0.25) is 10.1 Å². The van der Waals surface area contributed by atoms with Gasteiger partial charge in [-0.1, -0.05) is 66.9 Å². The predicted molar refractivity (Wildman–Crippen MR) is 126 cm³/mol. The summed E-state index contributed by atoms with van der Waals surface area (Å²) >= 11 is 12.9. The Balaban J connectivity index is 1.67. The van der Waals surface area contributed by atoms with Crippen molar-refractivity contribution in [3.05, 3.63) is 58.3 Å². The number of carbonyl (C=O) groups excluding carboxylic acids is 2. The summed E-state index contributed by atoms with van der Waals surface area (Å²) in [6.45, 7) is 3.76. The van der Waals surface area contributed by atoms with Gasteiger partial charge in [0, 0.05) is 16.3 Å². The first kappa shape index (κ1) is 23.9. The molecule has 168 valence electrons. The second-order valence-electron chi connectivity index (χ2n) is 7.00. The lowest BCUT2D eigenvalue weighted by molar-refractivity contribution is -0.119. The van der Waals surface area contributed by atoms with E-state index in [4.69, 9.17) is 23.2 Å². The first-order chi connectivity index (χ1) is 15.3. The minimum absolute atomic E-state index is 0.119. The molecule has 1 aromatic heterocycles. The van der Waals surface area contributed by atoms with Crippen LogP contribution in [0.4, 0.5) is 20.0 Å². The summed E-state index contributed by atoms with van der Waals surface area (Å²) in [4.78, 5) is 25.3. The van der Waals surface area contributed by atoms with Crippen molar-refractivity contribution in [3.8, 4) is 10.6 Å². The van der Waals surface area contributed by atoms with E-state index in [0.29, 0.717) is 27.3 Å². The van der Waals surface area contributed by atoms with Crippen LogP contribution in [0, 0.1) is 11.7 Å². The summed E-state index contributed by atoms with van der Waals surface area (Å²) in [6, 6.07) is 9.45. The molecule has 0 bridgehead atoms. The monoisotopic (exact) mass is 495 g/mol. The number of aromatic nitrogens is 2. The smallest absolute Gasteiger partial charge is 0.319 e. The molecule has 0 saturated carbocycles. The molecule has 0 aliphatic rings. The summed E-state index contributed by atoms with van der Waals surface area (Å²) < 4.78 is 13.3. The second kappa shape index (κ2) is 10.7. The molecule has 0 aliphatic carbocycles. The minimum Gasteiger partial charge on any atom is -0.326 e. The van der Waals surface area contributed by atoms with Crippen LogP contribution in [0.1, 0.15) is 20.3 Å². The van der Waals surface area contributed by atoms with Crippen LogP contribution in [0.5, 0.6) is 0 Å². The Morgan fingerprint density at radius 3 is 2.47 bits per heavy atom. The van der Waals surface area contributed by atoms with Crippen LogP contribution in [0.3, 0.4) is 0 Å². The van der Waals surface area contributed by atoms with Crippen molar-refractivity contribution in [1.29, 1.82) is 0 Å². The zero-order valence-electron chi connectivity index (χ0n) is 17.2. The standard InChI is InChI=1S/C21H20Cl2FN5O2S/c1-3-11(2)17(26-20(31)25-14-8-9-16(24)15(23)10-14)18(30)27-21-29-28-19(32-21)12-4-6-13(22)7-5-12/h4-11,17H,3H2,1-2H3,(H2,25,26,31)(H,27,29,30)/t11-,17-/m1/s1. The Kier molecular flexibility index (Phi) is 8.00. The van der Waals surface area contributed by atoms with E-state index in [1.165, 1.54) is 23.5 Å². The van der Waals surface area contributed by atoms with Crippen molar-refractivity contribution < 1.29 is 14.0 Å². The number of anilines is 2. The highest BCUT2D eigenvalue weighted by Crippen LogP contribution is 2.27. The Hall–Kier alpha value is -2.75. The maximum Gasteiger partial charge on any atom is 0.319 e. The van der Waals surface area contributed by atoms with Crippen molar-refractivity contribution in [2.45, 2.75) is 26.3 Å². The number of urea groups is 1. The highest BCUT2D eigenvalue weighted by molar-refractivity contribution is 7.18. The van der Waals surface area contributed by atoms with E-state index in [-0.39, 0.29) is 10.9 Å². The maximum absolute atomic E-state index is 13.3. The van der Waals surface area contributed by atoms with Crippen LogP contribution in [0.15, 0.2) is 42.5 Å². The lowest BCUT2D eigenvalue weighted by atomic mass is 9.98. The number of carbonyl (C=O) groups is 2. The van der Waals surface area contributed by atoms with Gasteiger partial charge in [-0.25, -0.2) is 9.18 Å². The van der Waals surface area contributed by atoms with Gasteiger partial charge in [0.1, 0.15) is 16.9 Å². The van der Waals surface area contributed by atoms with Gasteiger partial charge in [0.15, 0.2) is 0 Å². The SMILES string of the molecule is CC[C@@H](C)[C@@H](NC(=O)Nc1ccc(F)c(Cl)c1)C(=O)Nc1nnc(-c2ccc(Cl)cc2)s1. The van der Waals surface area contributed by atoms with Gasteiger partial charge >= 0.3 is 6.03 Å². The average molecular weight is 496 g/mol. The molecule has 2 aromatic carbocycles. The number of halogens is 3. The van der Waals surface area contributed by atoms with Crippen molar-refractivity contribution >= 4 is 57.3 Å². The Morgan fingerprint density at radius 1 is 1.09 bits per heavy atom. The van der Waals surface area contributed by atoms with E-state index in [2.05, 4.69) is 26.1 Å². The predicted octanol–water partition coefficient (Wildman–Crippen LogP) is 5.83. The van der Waals surface area contributed by atoms with Crippen LogP contribution >= 0.6 is 34.5 Å². The van der Waals surface area contributed by atoms with Crippen LogP contribution in [-0.2, 0) is 4.79 Å². The number of rotatable bonds is 7. The maximum atomic E-state index is 13.3. The quantitative estimate of drug-likeness (QED) is 0.384. The molecular weight excluding hydrogens is 476 g/mol. The fourth-order valence-electron chi connectivity index (χ4n) is 2.75. The Bertz CT molecular complexity index is 1110. The van der Waals surface area contributed by atoms with Crippen LogP contribution in [0.25, 0.3) is 10.6 Å². The first-order valence-electron chi connectivity index (χ1n) is 9.69. The Labute approximate surface area is 198 Å². The third kappa shape index (κ3) is 6.15. The molecule has 3 amide bonds. The van der Waals surface area contributed by atoms with E-state index < -0.39 is 23.8 Å². The van der Waals surface area contributed by atoms with Crippen LogP contribution in [0.2, 0.25) is 10.0 Å². The number of hydrogen-bond donors (Lipinski definition) is 3. The molecule has 0 radical (unpaired) electrons. The van der Waals surface area contributed by atoms with Gasteiger partial charge in [0.25, 0.3) is 0 Å². The average Bonchev–Trinajstić information content (AvgIpc) is 3.23. The summed E-state index contributed by atoms with van der Waals surface area (Å²) in [5.41, 5.74) is 1.12. The van der Waals surface area contributed by atoms with E-state index in [9.17, 15) is 14.0 Å². The van der Waals surface area contributed by atoms with E-state index >= 15 is 0 Å². The summed E-state index contributed by atoms with van der Waals surface area (Å²) in [5.74, 6) is -1.18. The molecule has 0 saturated heterocycles. The molecule has 3 aromatic rings. The van der Waals surface area contributed by atoms with Crippen molar-refractivity contribution in [2.24, 2.45) is 5.92 Å². The van der Waals surface area contributed by atoms with Gasteiger partial charge in [-0.05, 0) is 36.2 Å². The number of benzene rings is 2. The largest absolute Gasteiger partial charge is 0.326 e. The number of nitrogens with zero attached hydrogens (tertiary/aromatic N) is 2. The van der Waals surface area contributed by atoms with Gasteiger partial charge < -0.3 is 10.6 Å². The number of nitrogens with one attached hydrogen (secondary N) is 3. The summed E-state index contributed by atoms with van der Waals surface area (Å²) in [7, 11) is 0. The third-order valence-electron chi connectivity index (χ3n) is 4.71. The molecule has 7 nitrogen and oxygen atoms in total. The van der Waals surface area contributed by atoms with Gasteiger partial charge in [0.2, 0.25) is 11.0 Å². The molecule has 2 atom stereocenters. The fourth-order valence-corrected chi connectivity index (χ4v) is 3.81. The van der Waals surface area contributed by atoms with Gasteiger partial charge in [-0.2, -0.15) is 0 Å². The molecule has 32 heavy (non-hydrogen) atoms. The molecule has 0 fully saturated rings. The van der Waals surface area contributed by atoms with E-state index in [0.717, 1.165) is 11.6 Å². The summed E-state index contributed by atoms with van der Waals surface area (Å²) in [6.07, 6.45) is 0.646. The molecule has 3 rings (SSSR count). The van der Waals surface area contributed by atoms with Gasteiger partial charge in [0.05, 0.1) is 5.02 Å². The summed E-state index contributed by atoms with van der Waals surface area (Å²) in [5, 5.41) is 17.4. The highest BCUT2D eigenvalue weighted by Gasteiger charge is 2.27. The normalized spacial score (nSPS) is 12.7. The second-order valence-corrected chi connectivity index (χ2v) is 8.82. The van der Waals surface area contributed by atoms with Crippen molar-refractivity contribution in [3.63, 3.8) is 0 Å². The zero-order chi connectivity index (χ0) is 23.3. The zero-order valence-corrected chi connectivity index (χ0v) is 19.5. The van der Waals surface area contributed by atoms with Gasteiger partial charge in [-0.15, -0.1) is 10.2 Å². The lowest BCUT2D eigenvalue weighted by Crippen LogP contribution is -2.49. The first-order valence-corrected chi connectivity index (χ1v) is 11.3. The lowest BCUT2D eigenvalue weighted by Gasteiger charge is -2.23. The van der Waals surface area contributed by atoms with E-state index in [1.54, 1.807) is 12.1 Å². The third-order valence-corrected chi connectivity index (χ3v) is 6.14. The molecule has 0 unspecified atom stereocenters. The highest BCUT2D eigenvalue weighted by atomic mass is 35.5. The molecule has 0 spiro atoms. The molecule has 11 heteroatoms. The number of hydrogen-bond acceptors (Lipinski definition) is 5. The molecule has 3 N–H and O–H groups in total. The van der Waals surface area contributed by atoms with Crippen molar-refractivity contribution in [1.82, 2.24) is 15.5 Å². The minimum atomic E-state index is -0.834. The topological polar surface area (TPSA) is 96.0 Å². The number of amides is 3.